The first-order chi connectivity index (χ1) is 7.33. The molecule has 1 aliphatic rings. The van der Waals surface area contributed by atoms with E-state index >= 15 is 0 Å². The third kappa shape index (κ3) is 5.74. The fourth-order valence-electron chi connectivity index (χ4n) is 1.61. The molecule has 0 aromatic rings. The lowest BCUT2D eigenvalue weighted by Gasteiger charge is -2.25. The van der Waals surface area contributed by atoms with Crippen molar-refractivity contribution < 1.29 is 9.53 Å². The van der Waals surface area contributed by atoms with E-state index in [-0.39, 0.29) is 5.97 Å². The Morgan fingerprint density at radius 1 is 1.40 bits per heavy atom. The normalized spacial score (nSPS) is 17.7. The molecule has 1 radical (unpaired) electrons. The number of carbonyl (C=O) groups excluding carboxylic acids is 1. The van der Waals surface area contributed by atoms with Crippen molar-refractivity contribution >= 4 is 5.97 Å². The highest BCUT2D eigenvalue weighted by Crippen LogP contribution is 1.99. The maximum absolute atomic E-state index is 11.2. The molecule has 4 heteroatoms. The van der Waals surface area contributed by atoms with Gasteiger partial charge in [0.2, 0.25) is 0 Å². The molecule has 4 nitrogen and oxygen atoms in total. The van der Waals surface area contributed by atoms with E-state index < -0.39 is 0 Å². The van der Waals surface area contributed by atoms with Crippen LogP contribution in [0.1, 0.15) is 26.2 Å². The van der Waals surface area contributed by atoms with E-state index in [0.717, 1.165) is 45.6 Å². The first kappa shape index (κ1) is 12.5. The van der Waals surface area contributed by atoms with Gasteiger partial charge in [-0.15, -0.1) is 0 Å². The zero-order valence-corrected chi connectivity index (χ0v) is 9.57. The fraction of sp³-hybridized carbons (Fsp3) is 0.909. The van der Waals surface area contributed by atoms with Crippen molar-refractivity contribution in [3.63, 3.8) is 0 Å². The van der Waals surface area contributed by atoms with Crippen LogP contribution in [0.25, 0.3) is 0 Å². The number of piperazine rings is 1. The van der Waals surface area contributed by atoms with Crippen LogP contribution in [-0.4, -0.2) is 50.2 Å². The first-order valence-corrected chi connectivity index (χ1v) is 5.84. The minimum absolute atomic E-state index is 0.0569. The highest BCUT2D eigenvalue weighted by molar-refractivity contribution is 5.69. The number of rotatable bonds is 6. The second kappa shape index (κ2) is 7.65. The molecule has 1 saturated heterocycles. The zero-order valence-electron chi connectivity index (χ0n) is 9.57. The zero-order chi connectivity index (χ0) is 10.9. The quantitative estimate of drug-likeness (QED) is 0.608. The third-order valence-corrected chi connectivity index (χ3v) is 2.47. The molecule has 1 fully saturated rings. The van der Waals surface area contributed by atoms with Crippen LogP contribution < -0.4 is 5.32 Å². The standard InChI is InChI=1S/C11H21N2O2/c1-2-10-15-11(14)4-3-7-13-8-5-12-6-9-13/h2-10H2,1H3. The van der Waals surface area contributed by atoms with E-state index in [4.69, 9.17) is 4.74 Å². The highest BCUT2D eigenvalue weighted by atomic mass is 16.5. The summed E-state index contributed by atoms with van der Waals surface area (Å²) in [7, 11) is 0. The predicted octanol–water partition coefficient (Wildman–Crippen LogP) is 0.640. The molecule has 0 atom stereocenters. The molecule has 0 saturated carbocycles. The summed E-state index contributed by atoms with van der Waals surface area (Å²) in [6.07, 6.45) is 2.36. The van der Waals surface area contributed by atoms with Crippen LogP contribution >= 0.6 is 0 Å². The number of nitrogens with zero attached hydrogens (tertiary/aromatic N) is 2. The molecule has 0 aromatic carbocycles. The summed E-state index contributed by atoms with van der Waals surface area (Å²) < 4.78 is 5.00. The average Bonchev–Trinajstić information content (AvgIpc) is 2.28. The number of carbonyl (C=O) groups is 1. The largest absolute Gasteiger partial charge is 0.466 e. The Kier molecular flexibility index (Phi) is 6.36. The number of hydrogen-bond donors (Lipinski definition) is 0. The van der Waals surface area contributed by atoms with Gasteiger partial charge in [-0.2, -0.15) is 0 Å². The summed E-state index contributed by atoms with van der Waals surface area (Å²) >= 11 is 0. The van der Waals surface area contributed by atoms with Gasteiger partial charge < -0.3 is 9.64 Å². The predicted molar refractivity (Wildman–Crippen MR) is 58.8 cm³/mol. The summed E-state index contributed by atoms with van der Waals surface area (Å²) in [6.45, 7) is 7.54. The lowest BCUT2D eigenvalue weighted by Crippen LogP contribution is -2.40. The van der Waals surface area contributed by atoms with Crippen molar-refractivity contribution in [2.75, 3.05) is 39.3 Å². The Hall–Kier alpha value is -0.610. The molecule has 0 bridgehead atoms. The van der Waals surface area contributed by atoms with Crippen LogP contribution in [0.2, 0.25) is 0 Å². The van der Waals surface area contributed by atoms with E-state index in [9.17, 15) is 4.79 Å². The maximum atomic E-state index is 11.2. The molecule has 0 aliphatic carbocycles. The Morgan fingerprint density at radius 2 is 2.13 bits per heavy atom. The van der Waals surface area contributed by atoms with Gasteiger partial charge >= 0.3 is 5.97 Å². The van der Waals surface area contributed by atoms with Crippen molar-refractivity contribution in [3.8, 4) is 0 Å². The molecule has 0 unspecified atom stereocenters. The number of esters is 1. The van der Waals surface area contributed by atoms with Crippen molar-refractivity contribution in [2.24, 2.45) is 0 Å². The molecule has 87 valence electrons. The second-order valence-corrected chi connectivity index (χ2v) is 3.84. The van der Waals surface area contributed by atoms with Gasteiger partial charge in [0.25, 0.3) is 0 Å². The van der Waals surface area contributed by atoms with Crippen LogP contribution in [0.4, 0.5) is 0 Å². The molecule has 0 spiro atoms. The van der Waals surface area contributed by atoms with Gasteiger partial charge in [0.05, 0.1) is 6.61 Å². The molecular weight excluding hydrogens is 192 g/mol. The summed E-state index contributed by atoms with van der Waals surface area (Å²) in [4.78, 5) is 13.5. The van der Waals surface area contributed by atoms with E-state index in [2.05, 4.69) is 10.2 Å². The highest BCUT2D eigenvalue weighted by Gasteiger charge is 2.10. The fourth-order valence-corrected chi connectivity index (χ4v) is 1.61. The smallest absolute Gasteiger partial charge is 0.305 e. The minimum atomic E-state index is -0.0569. The van der Waals surface area contributed by atoms with Crippen molar-refractivity contribution in [1.82, 2.24) is 10.2 Å². The van der Waals surface area contributed by atoms with E-state index in [1.165, 1.54) is 0 Å². The molecule has 1 aliphatic heterocycles. The van der Waals surface area contributed by atoms with Gasteiger partial charge in [0.15, 0.2) is 0 Å². The average molecular weight is 213 g/mol. The first-order valence-electron chi connectivity index (χ1n) is 5.84. The topological polar surface area (TPSA) is 43.6 Å². The van der Waals surface area contributed by atoms with Crippen LogP contribution in [-0.2, 0) is 9.53 Å². The summed E-state index contributed by atoms with van der Waals surface area (Å²) in [6, 6.07) is 0. The van der Waals surface area contributed by atoms with Gasteiger partial charge in [-0.05, 0) is 19.4 Å². The van der Waals surface area contributed by atoms with Crippen molar-refractivity contribution in [1.29, 1.82) is 0 Å². The second-order valence-electron chi connectivity index (χ2n) is 3.84. The molecule has 0 aromatic heterocycles. The Morgan fingerprint density at radius 3 is 2.80 bits per heavy atom. The van der Waals surface area contributed by atoms with Crippen molar-refractivity contribution in [2.45, 2.75) is 26.2 Å². The van der Waals surface area contributed by atoms with Crippen LogP contribution in [0.15, 0.2) is 0 Å². The lowest BCUT2D eigenvalue weighted by molar-refractivity contribution is -0.143. The van der Waals surface area contributed by atoms with E-state index in [1.807, 2.05) is 6.92 Å². The third-order valence-electron chi connectivity index (χ3n) is 2.47. The molecule has 1 rings (SSSR count). The summed E-state index contributed by atoms with van der Waals surface area (Å²) in [5.41, 5.74) is 0. The van der Waals surface area contributed by atoms with Crippen molar-refractivity contribution in [3.05, 3.63) is 0 Å². The molecular formula is C11H21N2O2. The van der Waals surface area contributed by atoms with Gasteiger partial charge in [-0.3, -0.25) is 4.79 Å². The Bertz CT molecular complexity index is 179. The van der Waals surface area contributed by atoms with Gasteiger partial charge in [-0.25, -0.2) is 5.32 Å². The molecule has 0 amide bonds. The van der Waals surface area contributed by atoms with E-state index in [0.29, 0.717) is 13.0 Å². The van der Waals surface area contributed by atoms with Gasteiger partial charge in [-0.1, -0.05) is 6.92 Å². The monoisotopic (exact) mass is 213 g/mol. The number of hydrogen-bond acceptors (Lipinski definition) is 3. The molecule has 15 heavy (non-hydrogen) atoms. The van der Waals surface area contributed by atoms with Gasteiger partial charge in [0, 0.05) is 32.6 Å². The summed E-state index contributed by atoms with van der Waals surface area (Å²) in [5, 5.41) is 4.28. The SMILES string of the molecule is CCCOC(=O)CCCN1CC[N]CC1. The Labute approximate surface area is 92.0 Å². The van der Waals surface area contributed by atoms with Crippen LogP contribution in [0.3, 0.4) is 0 Å². The lowest BCUT2D eigenvalue weighted by atomic mass is 10.2. The maximum Gasteiger partial charge on any atom is 0.305 e. The Balaban J connectivity index is 1.97. The van der Waals surface area contributed by atoms with Crippen LogP contribution in [0, 0.1) is 0 Å². The minimum Gasteiger partial charge on any atom is -0.466 e. The van der Waals surface area contributed by atoms with E-state index in [1.54, 1.807) is 0 Å². The van der Waals surface area contributed by atoms with Crippen LogP contribution in [0.5, 0.6) is 0 Å². The van der Waals surface area contributed by atoms with Gasteiger partial charge in [0.1, 0.15) is 0 Å². The summed E-state index contributed by atoms with van der Waals surface area (Å²) in [5.74, 6) is -0.0569. The molecule has 0 N–H and O–H groups in total. The molecule has 1 heterocycles. The number of ether oxygens (including phenoxy) is 1.